The number of nitrogens with one attached hydrogen (secondary N) is 2. The Bertz CT molecular complexity index is 1220. The molecule has 0 saturated heterocycles. The van der Waals surface area contributed by atoms with Crippen molar-refractivity contribution < 1.29 is 14.0 Å². The Hall–Kier alpha value is -3.54. The average molecular weight is 462 g/mol. The van der Waals surface area contributed by atoms with Gasteiger partial charge in [-0.15, -0.1) is 11.3 Å². The number of ketones is 1. The van der Waals surface area contributed by atoms with Crippen molar-refractivity contribution in [2.45, 2.75) is 12.8 Å². The molecule has 8 heteroatoms. The zero-order valence-electron chi connectivity index (χ0n) is 17.1. The zero-order chi connectivity index (χ0) is 22.5. The molecule has 6 nitrogen and oxygen atoms in total. The first-order valence-corrected chi connectivity index (χ1v) is 11.7. The zero-order valence-corrected chi connectivity index (χ0v) is 18.8. The van der Waals surface area contributed by atoms with Gasteiger partial charge in [-0.25, -0.2) is 0 Å². The molecule has 0 fully saturated rings. The van der Waals surface area contributed by atoms with Crippen LogP contribution in [-0.4, -0.2) is 17.4 Å². The van der Waals surface area contributed by atoms with Crippen LogP contribution in [0.5, 0.6) is 0 Å². The van der Waals surface area contributed by atoms with Gasteiger partial charge in [0, 0.05) is 11.4 Å². The van der Waals surface area contributed by atoms with Gasteiger partial charge in [0.15, 0.2) is 5.78 Å². The van der Waals surface area contributed by atoms with E-state index in [1.807, 2.05) is 29.6 Å². The highest BCUT2D eigenvalue weighted by Crippen LogP contribution is 2.41. The molecule has 1 aliphatic heterocycles. The fraction of sp³-hybridized carbons (Fsp3) is 0.125. The van der Waals surface area contributed by atoms with Gasteiger partial charge in [-0.1, -0.05) is 36.0 Å². The molecular weight excluding hydrogens is 442 g/mol. The summed E-state index contributed by atoms with van der Waals surface area (Å²) in [5, 5.41) is 18.5. The molecule has 4 rings (SSSR count). The Morgan fingerprint density at radius 3 is 2.66 bits per heavy atom. The lowest BCUT2D eigenvalue weighted by molar-refractivity contribution is -0.113. The summed E-state index contributed by atoms with van der Waals surface area (Å²) in [4.78, 5) is 26.4. The highest BCUT2D eigenvalue weighted by Gasteiger charge is 2.36. The number of para-hydroxylation sites is 1. The molecule has 0 bridgehead atoms. The van der Waals surface area contributed by atoms with E-state index in [4.69, 9.17) is 4.42 Å². The molecule has 1 atom stereocenters. The third kappa shape index (κ3) is 4.54. The van der Waals surface area contributed by atoms with Gasteiger partial charge in [-0.2, -0.15) is 5.26 Å². The molecule has 0 spiro atoms. The van der Waals surface area contributed by atoms with Crippen molar-refractivity contribution in [1.29, 1.82) is 5.26 Å². The van der Waals surface area contributed by atoms with Gasteiger partial charge < -0.3 is 15.1 Å². The first-order valence-electron chi connectivity index (χ1n) is 9.80. The molecule has 1 aromatic carbocycles. The SMILES string of the molecule is CC1=C(C(=O)Nc2ccccc2)[C@H](c2ccco2)C(C#N)=C(SCC(=O)c2cccs2)N1. The van der Waals surface area contributed by atoms with Crippen LogP contribution in [0.3, 0.4) is 0 Å². The third-order valence-electron chi connectivity index (χ3n) is 4.90. The van der Waals surface area contributed by atoms with Crippen LogP contribution >= 0.6 is 23.1 Å². The van der Waals surface area contributed by atoms with Crippen LogP contribution in [0.25, 0.3) is 0 Å². The van der Waals surface area contributed by atoms with Gasteiger partial charge >= 0.3 is 0 Å². The lowest BCUT2D eigenvalue weighted by Gasteiger charge is -2.28. The Labute approximate surface area is 193 Å². The molecule has 3 heterocycles. The normalized spacial score (nSPS) is 15.8. The molecule has 0 saturated carbocycles. The maximum absolute atomic E-state index is 13.2. The highest BCUT2D eigenvalue weighted by atomic mass is 32.2. The maximum atomic E-state index is 13.2. The number of furan rings is 1. The number of hydrogen-bond donors (Lipinski definition) is 2. The average Bonchev–Trinajstić information content (AvgIpc) is 3.52. The number of nitrogens with zero attached hydrogens (tertiary/aromatic N) is 1. The lowest BCUT2D eigenvalue weighted by atomic mass is 9.85. The summed E-state index contributed by atoms with van der Waals surface area (Å²) in [6.45, 7) is 1.78. The van der Waals surface area contributed by atoms with Crippen LogP contribution in [0.1, 0.15) is 28.3 Å². The van der Waals surface area contributed by atoms with Crippen molar-refractivity contribution in [3.63, 3.8) is 0 Å². The van der Waals surface area contributed by atoms with Crippen molar-refractivity contribution in [2.24, 2.45) is 0 Å². The molecular formula is C24H19N3O3S2. The van der Waals surface area contributed by atoms with Gasteiger partial charge in [0.05, 0.1) is 45.1 Å². The van der Waals surface area contributed by atoms with Gasteiger partial charge in [0.1, 0.15) is 5.76 Å². The smallest absolute Gasteiger partial charge is 0.254 e. The fourth-order valence-electron chi connectivity index (χ4n) is 3.43. The molecule has 160 valence electrons. The molecule has 1 aliphatic rings. The summed E-state index contributed by atoms with van der Waals surface area (Å²) in [5.41, 5.74) is 1.99. The maximum Gasteiger partial charge on any atom is 0.254 e. The number of carbonyl (C=O) groups excluding carboxylic acids is 2. The number of Topliss-reactive ketones (excluding diaryl/α,β-unsaturated/α-hetero) is 1. The highest BCUT2D eigenvalue weighted by molar-refractivity contribution is 8.03. The summed E-state index contributed by atoms with van der Waals surface area (Å²) < 4.78 is 5.62. The van der Waals surface area contributed by atoms with Crippen LogP contribution < -0.4 is 10.6 Å². The van der Waals surface area contributed by atoms with E-state index >= 15 is 0 Å². The summed E-state index contributed by atoms with van der Waals surface area (Å²) in [7, 11) is 0. The van der Waals surface area contributed by atoms with Gasteiger partial charge in [0.2, 0.25) is 0 Å². The Kier molecular flexibility index (Phi) is 6.59. The predicted molar refractivity (Wildman–Crippen MR) is 126 cm³/mol. The predicted octanol–water partition coefficient (Wildman–Crippen LogP) is 5.29. The summed E-state index contributed by atoms with van der Waals surface area (Å²) in [6.07, 6.45) is 1.52. The molecule has 2 N–H and O–H groups in total. The minimum Gasteiger partial charge on any atom is -0.468 e. The van der Waals surface area contributed by atoms with Gasteiger partial charge in [-0.05, 0) is 42.6 Å². The van der Waals surface area contributed by atoms with Crippen LogP contribution in [0, 0.1) is 11.3 Å². The first-order chi connectivity index (χ1) is 15.6. The Morgan fingerprint density at radius 1 is 1.19 bits per heavy atom. The number of amides is 1. The number of rotatable bonds is 7. The topological polar surface area (TPSA) is 95.1 Å². The summed E-state index contributed by atoms with van der Waals surface area (Å²) >= 11 is 2.64. The van der Waals surface area contributed by atoms with Crippen LogP contribution in [0.15, 0.2) is 92.5 Å². The Balaban J connectivity index is 1.65. The van der Waals surface area contributed by atoms with E-state index in [-0.39, 0.29) is 17.4 Å². The van der Waals surface area contributed by atoms with E-state index in [2.05, 4.69) is 16.7 Å². The van der Waals surface area contributed by atoms with Crippen molar-refractivity contribution in [3.05, 3.63) is 98.8 Å². The molecule has 0 unspecified atom stereocenters. The fourth-order valence-corrected chi connectivity index (χ4v) is 5.16. The monoisotopic (exact) mass is 461 g/mol. The molecule has 32 heavy (non-hydrogen) atoms. The standard InChI is InChI=1S/C24H19N3O3S2/c1-15-21(23(29)27-16-7-3-2-4-8-16)22(19-9-5-11-30-19)17(13-25)24(26-15)32-14-18(28)20-10-6-12-31-20/h2-12,22,26H,14H2,1H3,(H,27,29)/t22-/m0/s1. The molecule has 0 radical (unpaired) electrons. The minimum absolute atomic E-state index is 0.0135. The van der Waals surface area contributed by atoms with E-state index in [0.717, 1.165) is 0 Å². The number of carbonyl (C=O) groups is 2. The van der Waals surface area contributed by atoms with Crippen molar-refractivity contribution in [3.8, 4) is 6.07 Å². The second-order valence-corrected chi connectivity index (χ2v) is 8.91. The van der Waals surface area contributed by atoms with E-state index in [1.165, 1.54) is 29.4 Å². The third-order valence-corrected chi connectivity index (χ3v) is 6.82. The molecule has 0 aliphatic carbocycles. The Morgan fingerprint density at radius 2 is 2.00 bits per heavy atom. The van der Waals surface area contributed by atoms with E-state index < -0.39 is 5.92 Å². The number of nitriles is 1. The number of anilines is 1. The number of allylic oxidation sites excluding steroid dienone is 2. The van der Waals surface area contributed by atoms with Crippen LogP contribution in [-0.2, 0) is 4.79 Å². The molecule has 2 aromatic heterocycles. The number of thiophene rings is 1. The molecule has 3 aromatic rings. The number of benzene rings is 1. The lowest BCUT2D eigenvalue weighted by Crippen LogP contribution is -2.30. The summed E-state index contributed by atoms with van der Waals surface area (Å²) in [6, 6.07) is 18.4. The number of hydrogen-bond acceptors (Lipinski definition) is 7. The van der Waals surface area contributed by atoms with Gasteiger partial charge in [-0.3, -0.25) is 9.59 Å². The minimum atomic E-state index is -0.681. The second kappa shape index (κ2) is 9.73. The first kappa shape index (κ1) is 21.7. The molecule has 1 amide bonds. The largest absolute Gasteiger partial charge is 0.468 e. The quantitative estimate of drug-likeness (QED) is 0.464. The van der Waals surface area contributed by atoms with E-state index in [9.17, 15) is 14.9 Å². The van der Waals surface area contributed by atoms with Crippen LogP contribution in [0.4, 0.5) is 5.69 Å². The summed E-state index contributed by atoms with van der Waals surface area (Å²) in [5.74, 6) is -0.352. The van der Waals surface area contributed by atoms with Gasteiger partial charge in [0.25, 0.3) is 5.91 Å². The number of thioether (sulfide) groups is 1. The van der Waals surface area contributed by atoms with Crippen molar-refractivity contribution in [1.82, 2.24) is 5.32 Å². The van der Waals surface area contributed by atoms with Crippen molar-refractivity contribution in [2.75, 3.05) is 11.1 Å². The van der Waals surface area contributed by atoms with E-state index in [0.29, 0.717) is 38.2 Å². The second-order valence-electron chi connectivity index (χ2n) is 6.98. The van der Waals surface area contributed by atoms with Crippen LogP contribution in [0.2, 0.25) is 0 Å². The van der Waals surface area contributed by atoms with E-state index in [1.54, 1.807) is 37.3 Å². The van der Waals surface area contributed by atoms with Crippen molar-refractivity contribution >= 4 is 40.5 Å². The number of dihydropyridines is 1.